The van der Waals surface area contributed by atoms with Crippen LogP contribution in [0.25, 0.3) is 0 Å². The van der Waals surface area contributed by atoms with Crippen LogP contribution >= 0.6 is 0 Å². The summed E-state index contributed by atoms with van der Waals surface area (Å²) in [5.74, 6) is -1.66. The van der Waals surface area contributed by atoms with Crippen LogP contribution in [0.1, 0.15) is 36.0 Å². The predicted octanol–water partition coefficient (Wildman–Crippen LogP) is 2.66. The molecule has 0 spiro atoms. The van der Waals surface area contributed by atoms with Gasteiger partial charge in [-0.05, 0) is 51.4 Å². The van der Waals surface area contributed by atoms with Gasteiger partial charge in [0, 0.05) is 30.3 Å². The van der Waals surface area contributed by atoms with Crippen LogP contribution in [0.15, 0.2) is 18.2 Å². The summed E-state index contributed by atoms with van der Waals surface area (Å²) in [7, 11) is 2.08. The molecule has 2 heterocycles. The summed E-state index contributed by atoms with van der Waals surface area (Å²) in [6, 6.07) is 3.58. The van der Waals surface area contributed by atoms with Crippen LogP contribution in [-0.4, -0.2) is 47.9 Å². The van der Waals surface area contributed by atoms with Gasteiger partial charge in [-0.3, -0.25) is 4.79 Å². The molecular weight excluding hydrogens is 274 g/mol. The van der Waals surface area contributed by atoms with Crippen LogP contribution in [0.4, 0.5) is 8.78 Å². The molecule has 0 aromatic heterocycles. The topological polar surface area (TPSA) is 23.6 Å². The minimum Gasteiger partial charge on any atom is -0.334 e. The first-order valence-corrected chi connectivity index (χ1v) is 7.53. The molecule has 3 rings (SSSR count). The molecular formula is C16H20F2N2O. The molecule has 0 saturated carbocycles. The van der Waals surface area contributed by atoms with Gasteiger partial charge in [0.15, 0.2) is 0 Å². The summed E-state index contributed by atoms with van der Waals surface area (Å²) in [5, 5.41) is 0. The Labute approximate surface area is 123 Å². The van der Waals surface area contributed by atoms with Crippen molar-refractivity contribution in [3.05, 3.63) is 35.4 Å². The maximum atomic E-state index is 13.3. The Bertz CT molecular complexity index is 529. The lowest BCUT2D eigenvalue weighted by atomic mass is 10.0. The molecule has 0 N–H and O–H groups in total. The first kappa shape index (κ1) is 14.4. The SMILES string of the molecule is CN1CCC[C@@H]1[C@@H]1CCCN1C(=O)c1cc(F)cc(F)c1. The second-order valence-electron chi connectivity index (χ2n) is 6.06. The number of hydrogen-bond acceptors (Lipinski definition) is 2. The number of likely N-dealkylation sites (tertiary alicyclic amines) is 2. The number of hydrogen-bond donors (Lipinski definition) is 0. The van der Waals surface area contributed by atoms with Crippen LogP contribution in [-0.2, 0) is 0 Å². The number of rotatable bonds is 2. The molecule has 2 fully saturated rings. The number of halogens is 2. The highest BCUT2D eigenvalue weighted by Gasteiger charge is 2.38. The molecule has 21 heavy (non-hydrogen) atoms. The normalized spacial score (nSPS) is 26.5. The second kappa shape index (κ2) is 5.72. The van der Waals surface area contributed by atoms with E-state index in [1.165, 1.54) is 0 Å². The minimum atomic E-state index is -0.702. The maximum Gasteiger partial charge on any atom is 0.254 e. The third kappa shape index (κ3) is 2.79. The third-order valence-electron chi connectivity index (χ3n) is 4.69. The zero-order chi connectivity index (χ0) is 15.0. The monoisotopic (exact) mass is 294 g/mol. The lowest BCUT2D eigenvalue weighted by Crippen LogP contribution is -2.47. The van der Waals surface area contributed by atoms with Crippen molar-refractivity contribution in [3.8, 4) is 0 Å². The molecule has 0 bridgehead atoms. The Morgan fingerprint density at radius 3 is 2.29 bits per heavy atom. The average Bonchev–Trinajstić information content (AvgIpc) is 3.04. The fraction of sp³-hybridized carbons (Fsp3) is 0.562. The van der Waals surface area contributed by atoms with E-state index in [1.54, 1.807) is 4.90 Å². The molecule has 2 aliphatic heterocycles. The van der Waals surface area contributed by atoms with Crippen LogP contribution in [0.3, 0.4) is 0 Å². The van der Waals surface area contributed by atoms with E-state index >= 15 is 0 Å². The molecule has 3 nitrogen and oxygen atoms in total. The van der Waals surface area contributed by atoms with E-state index in [0.29, 0.717) is 12.6 Å². The quantitative estimate of drug-likeness (QED) is 0.837. The molecule has 1 aromatic rings. The van der Waals surface area contributed by atoms with Crippen LogP contribution in [0.2, 0.25) is 0 Å². The van der Waals surface area contributed by atoms with Gasteiger partial charge in [-0.15, -0.1) is 0 Å². The standard InChI is InChI=1S/C16H20F2N2O/c1-19-6-2-4-14(19)15-5-3-7-20(15)16(21)11-8-12(17)10-13(18)9-11/h8-10,14-15H,2-7H2,1H3/t14-,15+/m1/s1. The molecule has 114 valence electrons. The van der Waals surface area contributed by atoms with Gasteiger partial charge in [0.2, 0.25) is 0 Å². The predicted molar refractivity (Wildman–Crippen MR) is 76.1 cm³/mol. The minimum absolute atomic E-state index is 0.111. The Hall–Kier alpha value is -1.49. The van der Waals surface area contributed by atoms with E-state index in [-0.39, 0.29) is 17.5 Å². The van der Waals surface area contributed by atoms with Crippen molar-refractivity contribution < 1.29 is 13.6 Å². The molecule has 2 aliphatic rings. The van der Waals surface area contributed by atoms with E-state index < -0.39 is 11.6 Å². The van der Waals surface area contributed by atoms with E-state index in [0.717, 1.165) is 50.4 Å². The van der Waals surface area contributed by atoms with Gasteiger partial charge < -0.3 is 9.80 Å². The van der Waals surface area contributed by atoms with Gasteiger partial charge in [-0.1, -0.05) is 0 Å². The molecule has 5 heteroatoms. The fourth-order valence-electron chi connectivity index (χ4n) is 3.71. The Kier molecular flexibility index (Phi) is 3.93. The Morgan fingerprint density at radius 1 is 1.05 bits per heavy atom. The molecule has 0 aliphatic carbocycles. The number of likely N-dealkylation sites (N-methyl/N-ethyl adjacent to an activating group) is 1. The highest BCUT2D eigenvalue weighted by atomic mass is 19.1. The van der Waals surface area contributed by atoms with Crippen LogP contribution in [0, 0.1) is 11.6 Å². The van der Waals surface area contributed by atoms with Gasteiger partial charge in [0.1, 0.15) is 11.6 Å². The highest BCUT2D eigenvalue weighted by Crippen LogP contribution is 2.30. The van der Waals surface area contributed by atoms with Gasteiger partial charge in [-0.25, -0.2) is 8.78 Å². The van der Waals surface area contributed by atoms with Crippen molar-refractivity contribution in [3.63, 3.8) is 0 Å². The summed E-state index contributed by atoms with van der Waals surface area (Å²) in [4.78, 5) is 16.7. The first-order chi connectivity index (χ1) is 10.1. The van der Waals surface area contributed by atoms with E-state index in [9.17, 15) is 13.6 Å². The Balaban J connectivity index is 1.82. The number of amides is 1. The van der Waals surface area contributed by atoms with Crippen molar-refractivity contribution in [1.29, 1.82) is 0 Å². The van der Waals surface area contributed by atoms with Crippen LogP contribution < -0.4 is 0 Å². The van der Waals surface area contributed by atoms with E-state index in [2.05, 4.69) is 11.9 Å². The fourth-order valence-corrected chi connectivity index (χ4v) is 3.71. The number of nitrogens with zero attached hydrogens (tertiary/aromatic N) is 2. The van der Waals surface area contributed by atoms with Crippen molar-refractivity contribution >= 4 is 5.91 Å². The van der Waals surface area contributed by atoms with Gasteiger partial charge >= 0.3 is 0 Å². The lowest BCUT2D eigenvalue weighted by molar-refractivity contribution is 0.0663. The zero-order valence-corrected chi connectivity index (χ0v) is 12.2. The summed E-state index contributed by atoms with van der Waals surface area (Å²) >= 11 is 0. The van der Waals surface area contributed by atoms with Gasteiger partial charge in [0.25, 0.3) is 5.91 Å². The van der Waals surface area contributed by atoms with Crippen molar-refractivity contribution in [2.45, 2.75) is 37.8 Å². The number of carbonyl (C=O) groups excluding carboxylic acids is 1. The molecule has 1 aromatic carbocycles. The molecule has 1 amide bonds. The third-order valence-corrected chi connectivity index (χ3v) is 4.69. The smallest absolute Gasteiger partial charge is 0.254 e. The lowest BCUT2D eigenvalue weighted by Gasteiger charge is -2.33. The summed E-state index contributed by atoms with van der Waals surface area (Å²) < 4.78 is 26.6. The molecule has 2 saturated heterocycles. The zero-order valence-electron chi connectivity index (χ0n) is 12.2. The highest BCUT2D eigenvalue weighted by molar-refractivity contribution is 5.94. The summed E-state index contributed by atoms with van der Waals surface area (Å²) in [5.41, 5.74) is 0.111. The van der Waals surface area contributed by atoms with Crippen molar-refractivity contribution in [2.75, 3.05) is 20.1 Å². The molecule has 0 radical (unpaired) electrons. The summed E-state index contributed by atoms with van der Waals surface area (Å²) in [6.45, 7) is 1.73. The first-order valence-electron chi connectivity index (χ1n) is 7.53. The Morgan fingerprint density at radius 2 is 1.67 bits per heavy atom. The van der Waals surface area contributed by atoms with E-state index in [4.69, 9.17) is 0 Å². The number of carbonyl (C=O) groups is 1. The molecule has 0 unspecified atom stereocenters. The van der Waals surface area contributed by atoms with Crippen molar-refractivity contribution in [1.82, 2.24) is 9.80 Å². The average molecular weight is 294 g/mol. The van der Waals surface area contributed by atoms with Gasteiger partial charge in [-0.2, -0.15) is 0 Å². The van der Waals surface area contributed by atoms with E-state index in [1.807, 2.05) is 0 Å². The number of benzene rings is 1. The van der Waals surface area contributed by atoms with Crippen LogP contribution in [0.5, 0.6) is 0 Å². The molecule has 2 atom stereocenters. The summed E-state index contributed by atoms with van der Waals surface area (Å²) in [6.07, 6.45) is 4.16. The van der Waals surface area contributed by atoms with Crippen molar-refractivity contribution in [2.24, 2.45) is 0 Å². The second-order valence-corrected chi connectivity index (χ2v) is 6.06. The maximum absolute atomic E-state index is 13.3. The largest absolute Gasteiger partial charge is 0.334 e. The van der Waals surface area contributed by atoms with Gasteiger partial charge in [0.05, 0.1) is 0 Å².